The van der Waals surface area contributed by atoms with Gasteiger partial charge in [0.25, 0.3) is 0 Å². The smallest absolute Gasteiger partial charge is 0.137 e. The van der Waals surface area contributed by atoms with Crippen LogP contribution in [0.3, 0.4) is 0 Å². The van der Waals surface area contributed by atoms with Gasteiger partial charge in [0, 0.05) is 12.1 Å². The minimum atomic E-state index is 0.557. The third-order valence-electron chi connectivity index (χ3n) is 4.18. The molecule has 1 aromatic rings. The zero-order chi connectivity index (χ0) is 13.8. The Morgan fingerprint density at radius 3 is 2.53 bits per heavy atom. The number of hydrogen-bond acceptors (Lipinski definition) is 3. The summed E-state index contributed by atoms with van der Waals surface area (Å²) in [5, 5.41) is 3.97. The van der Waals surface area contributed by atoms with E-state index in [0.29, 0.717) is 5.15 Å². The first-order valence-corrected chi connectivity index (χ1v) is 7.68. The van der Waals surface area contributed by atoms with Crippen LogP contribution in [0.15, 0.2) is 0 Å². The molecule has 3 nitrogen and oxygen atoms in total. The summed E-state index contributed by atoms with van der Waals surface area (Å²) in [7, 11) is 0. The number of rotatable bonds is 4. The fourth-order valence-corrected chi connectivity index (χ4v) is 2.99. The maximum Gasteiger partial charge on any atom is 0.137 e. The number of anilines is 1. The van der Waals surface area contributed by atoms with Gasteiger partial charge in [-0.15, -0.1) is 0 Å². The number of aromatic nitrogens is 2. The molecule has 0 saturated heterocycles. The highest BCUT2D eigenvalue weighted by atomic mass is 35.5. The van der Waals surface area contributed by atoms with Crippen molar-refractivity contribution in [2.45, 2.75) is 52.9 Å². The van der Waals surface area contributed by atoms with Crippen LogP contribution in [-0.2, 0) is 0 Å². The zero-order valence-electron chi connectivity index (χ0n) is 12.2. The van der Waals surface area contributed by atoms with Crippen molar-refractivity contribution in [1.82, 2.24) is 9.97 Å². The largest absolute Gasteiger partial charge is 0.370 e. The number of nitrogens with one attached hydrogen (secondary N) is 1. The summed E-state index contributed by atoms with van der Waals surface area (Å²) in [6.45, 7) is 7.18. The van der Waals surface area contributed by atoms with E-state index < -0.39 is 0 Å². The number of hydrogen-bond donors (Lipinski definition) is 1. The molecule has 0 amide bonds. The molecule has 1 heterocycles. The van der Waals surface area contributed by atoms with Crippen LogP contribution in [0.4, 0.5) is 5.82 Å². The highest BCUT2D eigenvalue weighted by molar-refractivity contribution is 6.30. The summed E-state index contributed by atoms with van der Waals surface area (Å²) in [6, 6.07) is 0. The molecule has 2 rings (SSSR count). The van der Waals surface area contributed by atoms with E-state index in [1.54, 1.807) is 0 Å². The van der Waals surface area contributed by atoms with E-state index in [2.05, 4.69) is 22.2 Å². The van der Waals surface area contributed by atoms with E-state index in [0.717, 1.165) is 35.6 Å². The van der Waals surface area contributed by atoms with Crippen molar-refractivity contribution in [3.05, 3.63) is 16.5 Å². The SMILES string of the molecule is Cc1nc(Cl)c(C)c(NCCC2CCC(C)CC2)n1. The molecule has 4 heteroatoms. The Labute approximate surface area is 121 Å². The molecule has 0 atom stereocenters. The van der Waals surface area contributed by atoms with Gasteiger partial charge in [0.1, 0.15) is 16.8 Å². The van der Waals surface area contributed by atoms with Crippen molar-refractivity contribution < 1.29 is 0 Å². The van der Waals surface area contributed by atoms with Gasteiger partial charge in [-0.2, -0.15) is 0 Å². The normalized spacial score (nSPS) is 23.4. The van der Waals surface area contributed by atoms with Gasteiger partial charge in [0.15, 0.2) is 0 Å². The molecule has 19 heavy (non-hydrogen) atoms. The third kappa shape index (κ3) is 4.07. The summed E-state index contributed by atoms with van der Waals surface area (Å²) in [6.07, 6.45) is 6.77. The molecule has 0 aliphatic heterocycles. The van der Waals surface area contributed by atoms with Gasteiger partial charge >= 0.3 is 0 Å². The Morgan fingerprint density at radius 1 is 1.16 bits per heavy atom. The molecule has 0 radical (unpaired) electrons. The maximum absolute atomic E-state index is 6.07. The molecule has 0 aromatic carbocycles. The van der Waals surface area contributed by atoms with E-state index in [1.165, 1.54) is 32.1 Å². The van der Waals surface area contributed by atoms with Crippen LogP contribution in [0.1, 0.15) is 50.4 Å². The van der Waals surface area contributed by atoms with Crippen molar-refractivity contribution in [1.29, 1.82) is 0 Å². The summed E-state index contributed by atoms with van der Waals surface area (Å²) >= 11 is 6.07. The molecule has 106 valence electrons. The molecule has 1 aliphatic carbocycles. The molecule has 0 unspecified atom stereocenters. The van der Waals surface area contributed by atoms with Crippen molar-refractivity contribution in [2.75, 3.05) is 11.9 Å². The van der Waals surface area contributed by atoms with Gasteiger partial charge in [-0.3, -0.25) is 0 Å². The van der Waals surface area contributed by atoms with Gasteiger partial charge in [-0.05, 0) is 32.1 Å². The Morgan fingerprint density at radius 2 is 1.84 bits per heavy atom. The molecule has 1 aromatic heterocycles. The highest BCUT2D eigenvalue weighted by Gasteiger charge is 2.17. The van der Waals surface area contributed by atoms with Crippen LogP contribution < -0.4 is 5.32 Å². The van der Waals surface area contributed by atoms with Gasteiger partial charge in [0.05, 0.1) is 0 Å². The van der Waals surface area contributed by atoms with E-state index >= 15 is 0 Å². The molecule has 1 fully saturated rings. The lowest BCUT2D eigenvalue weighted by Crippen LogP contribution is -2.16. The number of nitrogens with zero attached hydrogens (tertiary/aromatic N) is 2. The lowest BCUT2D eigenvalue weighted by Gasteiger charge is -2.26. The van der Waals surface area contributed by atoms with Gasteiger partial charge in [-0.25, -0.2) is 9.97 Å². The lowest BCUT2D eigenvalue weighted by atomic mass is 9.81. The predicted octanol–water partition coefficient (Wildman–Crippen LogP) is 4.38. The van der Waals surface area contributed by atoms with Crippen molar-refractivity contribution in [3.8, 4) is 0 Å². The fraction of sp³-hybridized carbons (Fsp3) is 0.733. The Bertz CT molecular complexity index is 426. The zero-order valence-corrected chi connectivity index (χ0v) is 12.9. The second-order valence-corrected chi connectivity index (χ2v) is 6.23. The quantitative estimate of drug-likeness (QED) is 0.833. The molecular weight excluding hydrogens is 258 g/mol. The van der Waals surface area contributed by atoms with Crippen molar-refractivity contribution >= 4 is 17.4 Å². The van der Waals surface area contributed by atoms with Crippen LogP contribution in [-0.4, -0.2) is 16.5 Å². The molecule has 1 N–H and O–H groups in total. The summed E-state index contributed by atoms with van der Waals surface area (Å²) in [5.74, 6) is 3.42. The van der Waals surface area contributed by atoms with E-state index in [9.17, 15) is 0 Å². The monoisotopic (exact) mass is 281 g/mol. The third-order valence-corrected chi connectivity index (χ3v) is 4.55. The first kappa shape index (κ1) is 14.6. The van der Waals surface area contributed by atoms with Crippen LogP contribution in [0.5, 0.6) is 0 Å². The van der Waals surface area contributed by atoms with Crippen LogP contribution in [0.25, 0.3) is 0 Å². The van der Waals surface area contributed by atoms with Crippen LogP contribution in [0.2, 0.25) is 5.15 Å². The molecule has 0 spiro atoms. The maximum atomic E-state index is 6.07. The molecular formula is C15H24ClN3. The Balaban J connectivity index is 1.83. The van der Waals surface area contributed by atoms with E-state index in [4.69, 9.17) is 11.6 Å². The average Bonchev–Trinajstić information content (AvgIpc) is 2.37. The lowest BCUT2D eigenvalue weighted by molar-refractivity contribution is 0.282. The fourth-order valence-electron chi connectivity index (χ4n) is 2.78. The van der Waals surface area contributed by atoms with Gasteiger partial charge in [-0.1, -0.05) is 44.2 Å². The van der Waals surface area contributed by atoms with E-state index in [-0.39, 0.29) is 0 Å². The predicted molar refractivity (Wildman–Crippen MR) is 80.7 cm³/mol. The minimum absolute atomic E-state index is 0.557. The first-order valence-electron chi connectivity index (χ1n) is 7.31. The second kappa shape index (κ2) is 6.56. The molecule has 1 saturated carbocycles. The second-order valence-electron chi connectivity index (χ2n) is 5.88. The van der Waals surface area contributed by atoms with Crippen molar-refractivity contribution in [3.63, 3.8) is 0 Å². The summed E-state index contributed by atoms with van der Waals surface area (Å²) < 4.78 is 0. The van der Waals surface area contributed by atoms with Crippen LogP contribution >= 0.6 is 11.6 Å². The first-order chi connectivity index (χ1) is 9.06. The summed E-state index contributed by atoms with van der Waals surface area (Å²) in [5.41, 5.74) is 0.949. The van der Waals surface area contributed by atoms with E-state index in [1.807, 2.05) is 13.8 Å². The molecule has 1 aliphatic rings. The van der Waals surface area contributed by atoms with Gasteiger partial charge < -0.3 is 5.32 Å². The Hall–Kier alpha value is -0.830. The number of aryl methyl sites for hydroxylation is 1. The topological polar surface area (TPSA) is 37.8 Å². The average molecular weight is 282 g/mol. The highest BCUT2D eigenvalue weighted by Crippen LogP contribution is 2.30. The minimum Gasteiger partial charge on any atom is -0.370 e. The van der Waals surface area contributed by atoms with Gasteiger partial charge in [0.2, 0.25) is 0 Å². The van der Waals surface area contributed by atoms with Crippen molar-refractivity contribution in [2.24, 2.45) is 11.8 Å². The Kier molecular flexibility index (Phi) is 5.03. The van der Waals surface area contributed by atoms with Crippen LogP contribution in [0, 0.1) is 25.7 Å². The summed E-state index contributed by atoms with van der Waals surface area (Å²) in [4.78, 5) is 8.58. The number of halogens is 1. The standard InChI is InChI=1S/C15H24ClN3/c1-10-4-6-13(7-5-10)8-9-17-15-11(2)14(16)18-12(3)19-15/h10,13H,4-9H2,1-3H3,(H,17,18,19). The molecule has 0 bridgehead atoms.